The summed E-state index contributed by atoms with van der Waals surface area (Å²) in [5.41, 5.74) is 0.696. The summed E-state index contributed by atoms with van der Waals surface area (Å²) in [6.45, 7) is 0.199. The Morgan fingerprint density at radius 1 is 1.50 bits per heavy atom. The number of likely N-dealkylation sites (tertiary alicyclic amines) is 1. The zero-order valence-corrected chi connectivity index (χ0v) is 11.5. The number of imide groups is 1. The zero-order valence-electron chi connectivity index (χ0n) is 11.5. The van der Waals surface area contributed by atoms with E-state index in [0.717, 1.165) is 4.90 Å². The van der Waals surface area contributed by atoms with Crippen LogP contribution in [-0.2, 0) is 9.59 Å². The maximum Gasteiger partial charge on any atom is 0.246 e. The van der Waals surface area contributed by atoms with Crippen LogP contribution in [0.2, 0.25) is 0 Å². The predicted octanol–water partition coefficient (Wildman–Crippen LogP) is 0.0755. The van der Waals surface area contributed by atoms with Gasteiger partial charge in [-0.1, -0.05) is 12.1 Å². The summed E-state index contributed by atoms with van der Waals surface area (Å²) in [5, 5.41) is 13.0. The van der Waals surface area contributed by atoms with Crippen LogP contribution >= 0.6 is 0 Å². The highest BCUT2D eigenvalue weighted by Crippen LogP contribution is 2.19. The molecule has 108 valence electrons. The molecule has 2 atom stereocenters. The van der Waals surface area contributed by atoms with E-state index in [1.165, 1.54) is 7.05 Å². The first-order chi connectivity index (χ1) is 9.52. The van der Waals surface area contributed by atoms with Crippen molar-refractivity contribution >= 4 is 11.8 Å². The van der Waals surface area contributed by atoms with Crippen molar-refractivity contribution in [3.8, 4) is 5.75 Å². The minimum Gasteiger partial charge on any atom is -0.497 e. The number of amides is 2. The topological polar surface area (TPSA) is 78.9 Å². The number of carbonyl (C=O) groups excluding carboxylic acids is 2. The van der Waals surface area contributed by atoms with Crippen molar-refractivity contribution in [2.24, 2.45) is 0 Å². The van der Waals surface area contributed by atoms with Crippen LogP contribution in [0.1, 0.15) is 18.1 Å². The van der Waals surface area contributed by atoms with E-state index in [2.05, 4.69) is 5.32 Å². The number of benzene rings is 1. The number of hydrogen-bond donors (Lipinski definition) is 2. The number of ether oxygens (including phenoxy) is 1. The molecule has 0 aromatic heterocycles. The molecule has 2 N–H and O–H groups in total. The monoisotopic (exact) mass is 278 g/mol. The van der Waals surface area contributed by atoms with Gasteiger partial charge in [-0.2, -0.15) is 0 Å². The number of aliphatic hydroxyl groups is 1. The van der Waals surface area contributed by atoms with E-state index in [4.69, 9.17) is 4.74 Å². The Morgan fingerprint density at radius 2 is 2.25 bits per heavy atom. The smallest absolute Gasteiger partial charge is 0.246 e. The predicted molar refractivity (Wildman–Crippen MR) is 72.1 cm³/mol. The fraction of sp³-hybridized carbons (Fsp3) is 0.429. The summed E-state index contributed by atoms with van der Waals surface area (Å²) in [6.07, 6.45) is -0.626. The standard InChI is InChI=1S/C14H18N2O4/c1-16-13(18)7-11(14(16)19)15-8-12(17)9-4-3-5-10(6-9)20-2/h3-6,11-12,15,17H,7-8H2,1-2H3. The summed E-state index contributed by atoms with van der Waals surface area (Å²) in [6, 6.07) is 6.54. The van der Waals surface area contributed by atoms with Gasteiger partial charge < -0.3 is 15.2 Å². The Kier molecular flexibility index (Phi) is 4.36. The Bertz CT molecular complexity index is 518. The molecule has 20 heavy (non-hydrogen) atoms. The van der Waals surface area contributed by atoms with Crippen LogP contribution in [0.25, 0.3) is 0 Å². The highest BCUT2D eigenvalue weighted by atomic mass is 16.5. The second kappa shape index (κ2) is 6.02. The number of carbonyl (C=O) groups is 2. The Labute approximate surface area is 117 Å². The van der Waals surface area contributed by atoms with E-state index in [1.807, 2.05) is 0 Å². The summed E-state index contributed by atoms with van der Waals surface area (Å²) >= 11 is 0. The molecule has 2 rings (SSSR count). The van der Waals surface area contributed by atoms with Crippen molar-refractivity contribution in [2.45, 2.75) is 18.6 Å². The van der Waals surface area contributed by atoms with Crippen LogP contribution in [0.4, 0.5) is 0 Å². The van der Waals surface area contributed by atoms with Gasteiger partial charge in [0.25, 0.3) is 0 Å². The number of likely N-dealkylation sites (N-methyl/N-ethyl adjacent to an activating group) is 1. The largest absolute Gasteiger partial charge is 0.497 e. The first kappa shape index (κ1) is 14.5. The summed E-state index contributed by atoms with van der Waals surface area (Å²) in [5.74, 6) is 0.199. The van der Waals surface area contributed by atoms with Gasteiger partial charge in [-0.3, -0.25) is 14.5 Å². The SMILES string of the molecule is COc1cccc(C(O)CNC2CC(=O)N(C)C2=O)c1. The van der Waals surface area contributed by atoms with Crippen molar-refractivity contribution < 1.29 is 19.4 Å². The number of methoxy groups -OCH3 is 1. The maximum absolute atomic E-state index is 11.7. The van der Waals surface area contributed by atoms with Gasteiger partial charge >= 0.3 is 0 Å². The molecule has 6 nitrogen and oxygen atoms in total. The molecule has 1 aromatic rings. The highest BCUT2D eigenvalue weighted by molar-refractivity contribution is 6.05. The molecule has 1 aliphatic heterocycles. The van der Waals surface area contributed by atoms with Gasteiger partial charge in [0.15, 0.2) is 0 Å². The maximum atomic E-state index is 11.7. The zero-order chi connectivity index (χ0) is 14.7. The minimum absolute atomic E-state index is 0.139. The fourth-order valence-electron chi connectivity index (χ4n) is 2.14. The van der Waals surface area contributed by atoms with Gasteiger partial charge in [0.1, 0.15) is 5.75 Å². The van der Waals surface area contributed by atoms with E-state index < -0.39 is 12.1 Å². The number of nitrogens with one attached hydrogen (secondary N) is 1. The summed E-state index contributed by atoms with van der Waals surface area (Å²) in [4.78, 5) is 24.2. The van der Waals surface area contributed by atoms with Crippen molar-refractivity contribution in [3.63, 3.8) is 0 Å². The van der Waals surface area contributed by atoms with Crippen LogP contribution < -0.4 is 10.1 Å². The number of hydrogen-bond acceptors (Lipinski definition) is 5. The summed E-state index contributed by atoms with van der Waals surface area (Å²) in [7, 11) is 3.02. The van der Waals surface area contributed by atoms with Gasteiger partial charge in [0, 0.05) is 13.6 Å². The quantitative estimate of drug-likeness (QED) is 0.746. The van der Waals surface area contributed by atoms with E-state index in [1.54, 1.807) is 31.4 Å². The Balaban J connectivity index is 1.93. The summed E-state index contributed by atoms with van der Waals surface area (Å²) < 4.78 is 5.09. The van der Waals surface area contributed by atoms with Crippen molar-refractivity contribution in [1.82, 2.24) is 10.2 Å². The molecule has 1 saturated heterocycles. The molecule has 1 aliphatic rings. The number of rotatable bonds is 5. The van der Waals surface area contributed by atoms with Crippen molar-refractivity contribution in [3.05, 3.63) is 29.8 Å². The van der Waals surface area contributed by atoms with E-state index in [0.29, 0.717) is 11.3 Å². The van der Waals surface area contributed by atoms with E-state index in [-0.39, 0.29) is 24.8 Å². The third kappa shape index (κ3) is 2.97. The lowest BCUT2D eigenvalue weighted by molar-refractivity contribution is -0.137. The van der Waals surface area contributed by atoms with Crippen LogP contribution in [0.3, 0.4) is 0 Å². The lowest BCUT2D eigenvalue weighted by atomic mass is 10.1. The molecule has 1 heterocycles. The average molecular weight is 278 g/mol. The second-order valence-electron chi connectivity index (χ2n) is 4.75. The van der Waals surface area contributed by atoms with Crippen LogP contribution in [0, 0.1) is 0 Å². The molecule has 0 radical (unpaired) electrons. The van der Waals surface area contributed by atoms with Crippen LogP contribution in [-0.4, -0.2) is 48.6 Å². The minimum atomic E-state index is -0.765. The van der Waals surface area contributed by atoms with Crippen molar-refractivity contribution in [2.75, 3.05) is 20.7 Å². The van der Waals surface area contributed by atoms with Gasteiger partial charge in [0.05, 0.1) is 25.7 Å². The van der Waals surface area contributed by atoms with Crippen LogP contribution in [0.15, 0.2) is 24.3 Å². The number of nitrogens with zero attached hydrogens (tertiary/aromatic N) is 1. The molecule has 1 fully saturated rings. The highest BCUT2D eigenvalue weighted by Gasteiger charge is 2.35. The van der Waals surface area contributed by atoms with Crippen molar-refractivity contribution in [1.29, 1.82) is 0 Å². The number of aliphatic hydroxyl groups excluding tert-OH is 1. The second-order valence-corrected chi connectivity index (χ2v) is 4.75. The molecule has 0 saturated carbocycles. The lowest BCUT2D eigenvalue weighted by Crippen LogP contribution is -2.39. The normalized spacial score (nSPS) is 20.4. The molecule has 6 heteroatoms. The molecular formula is C14H18N2O4. The van der Waals surface area contributed by atoms with Crippen LogP contribution in [0.5, 0.6) is 5.75 Å². The Hall–Kier alpha value is -1.92. The molecule has 0 aliphatic carbocycles. The molecular weight excluding hydrogens is 260 g/mol. The van der Waals surface area contributed by atoms with E-state index in [9.17, 15) is 14.7 Å². The molecule has 0 spiro atoms. The molecule has 2 amide bonds. The van der Waals surface area contributed by atoms with E-state index >= 15 is 0 Å². The lowest BCUT2D eigenvalue weighted by Gasteiger charge is -2.16. The van der Waals surface area contributed by atoms with Gasteiger partial charge in [-0.05, 0) is 17.7 Å². The third-order valence-electron chi connectivity index (χ3n) is 3.42. The molecule has 0 bridgehead atoms. The Morgan fingerprint density at radius 3 is 2.85 bits per heavy atom. The third-order valence-corrected chi connectivity index (χ3v) is 3.42. The average Bonchev–Trinajstić information content (AvgIpc) is 2.72. The molecule has 1 aromatic carbocycles. The first-order valence-corrected chi connectivity index (χ1v) is 6.38. The molecule has 2 unspecified atom stereocenters. The first-order valence-electron chi connectivity index (χ1n) is 6.38. The fourth-order valence-corrected chi connectivity index (χ4v) is 2.14. The van der Waals surface area contributed by atoms with Gasteiger partial charge in [-0.15, -0.1) is 0 Å². The van der Waals surface area contributed by atoms with Gasteiger partial charge in [-0.25, -0.2) is 0 Å². The van der Waals surface area contributed by atoms with Gasteiger partial charge in [0.2, 0.25) is 11.8 Å².